The first-order valence-electron chi connectivity index (χ1n) is 13.5. The highest BCUT2D eigenvalue weighted by Crippen LogP contribution is 2.60. The molecule has 8 atom stereocenters. The van der Waals surface area contributed by atoms with Gasteiger partial charge in [-0.1, -0.05) is 38.1 Å². The number of esters is 1. The first-order valence-corrected chi connectivity index (χ1v) is 13.5. The minimum atomic E-state index is -0.869. The second kappa shape index (κ2) is 9.08. The van der Waals surface area contributed by atoms with E-state index in [0.717, 1.165) is 32.1 Å². The van der Waals surface area contributed by atoms with Gasteiger partial charge in [0.05, 0.1) is 6.42 Å². The van der Waals surface area contributed by atoms with E-state index in [-0.39, 0.29) is 36.5 Å². The molecule has 1 aromatic rings. The third-order valence-electron chi connectivity index (χ3n) is 9.37. The Labute approximate surface area is 212 Å². The van der Waals surface area contributed by atoms with Crippen LogP contribution < -0.4 is 0 Å². The lowest BCUT2D eigenvalue weighted by Crippen LogP contribution is -2.70. The van der Waals surface area contributed by atoms with E-state index in [2.05, 4.69) is 26.0 Å². The predicted molar refractivity (Wildman–Crippen MR) is 128 cm³/mol. The standard InChI is InChI=1S/C28H37NO7/c1-17-8-9-22-18(2)25(33-26-28(22)21(17)12-14-27(3,34-26)35-36-28)32-24(31)11-10-23(30)29-15-13-19-6-4-5-7-20(19)16-29/h4-7,17-18,21-22,25-26H,8-16H2,1-3H3/t17-,18-,21-,22+,25-,26-,27-,28-/m1/s1. The van der Waals surface area contributed by atoms with Crippen molar-refractivity contribution in [2.24, 2.45) is 23.7 Å². The largest absolute Gasteiger partial charge is 0.435 e. The Balaban J connectivity index is 1.10. The number of fused-ring (bicyclic) bond motifs is 3. The van der Waals surface area contributed by atoms with Gasteiger partial charge in [-0.15, -0.1) is 0 Å². The number of carbonyl (C=O) groups excluding carboxylic acids is 2. The van der Waals surface area contributed by atoms with Crippen LogP contribution in [0, 0.1) is 23.7 Å². The molecule has 8 heteroatoms. The van der Waals surface area contributed by atoms with Crippen molar-refractivity contribution < 1.29 is 33.6 Å². The molecule has 1 amide bonds. The van der Waals surface area contributed by atoms with Gasteiger partial charge in [0.15, 0.2) is 11.9 Å². The van der Waals surface area contributed by atoms with Gasteiger partial charge < -0.3 is 19.1 Å². The van der Waals surface area contributed by atoms with Crippen molar-refractivity contribution in [3.63, 3.8) is 0 Å². The summed E-state index contributed by atoms with van der Waals surface area (Å²) in [5, 5.41) is 0. The summed E-state index contributed by atoms with van der Waals surface area (Å²) in [6.07, 6.45) is 3.32. The number of hydrogen-bond acceptors (Lipinski definition) is 7. The van der Waals surface area contributed by atoms with Crippen LogP contribution in [0.5, 0.6) is 0 Å². The van der Waals surface area contributed by atoms with E-state index >= 15 is 0 Å². The molecular formula is C28H37NO7. The van der Waals surface area contributed by atoms with Crippen molar-refractivity contribution in [3.05, 3.63) is 35.4 Å². The molecule has 1 saturated carbocycles. The van der Waals surface area contributed by atoms with Crippen LogP contribution in [0.1, 0.15) is 70.4 Å². The average molecular weight is 500 g/mol. The van der Waals surface area contributed by atoms with Crippen LogP contribution in [0.3, 0.4) is 0 Å². The van der Waals surface area contributed by atoms with Gasteiger partial charge in [-0.2, -0.15) is 0 Å². The zero-order chi connectivity index (χ0) is 25.1. The molecule has 5 heterocycles. The van der Waals surface area contributed by atoms with Gasteiger partial charge in [0.1, 0.15) is 0 Å². The molecule has 1 spiro atoms. The molecule has 6 aliphatic rings. The second-order valence-electron chi connectivity index (χ2n) is 11.6. The van der Waals surface area contributed by atoms with E-state index in [9.17, 15) is 9.59 Å². The summed E-state index contributed by atoms with van der Waals surface area (Å²) in [5.41, 5.74) is 1.78. The SMILES string of the molecule is C[C@H]1[C@H](OC(=O)CCC(=O)N2CCc3ccccc3C2)O[C@@H]2O[C@@]3(C)CC[C@@H]4[C@H](C)CC[C@@H]1[C@@]24OO3. The lowest BCUT2D eigenvalue weighted by atomic mass is 9.58. The number of nitrogens with zero attached hydrogens (tertiary/aromatic N) is 1. The fourth-order valence-corrected chi connectivity index (χ4v) is 7.27. The van der Waals surface area contributed by atoms with E-state index < -0.39 is 29.9 Å². The van der Waals surface area contributed by atoms with Crippen molar-refractivity contribution in [3.8, 4) is 0 Å². The lowest BCUT2D eigenvalue weighted by molar-refractivity contribution is -0.576. The summed E-state index contributed by atoms with van der Waals surface area (Å²) in [4.78, 5) is 39.5. The lowest BCUT2D eigenvalue weighted by Gasteiger charge is -2.59. The summed E-state index contributed by atoms with van der Waals surface area (Å²) >= 11 is 0. The van der Waals surface area contributed by atoms with Gasteiger partial charge in [0.25, 0.3) is 0 Å². The van der Waals surface area contributed by atoms with E-state index in [1.165, 1.54) is 11.1 Å². The highest BCUT2D eigenvalue weighted by Gasteiger charge is 2.69. The van der Waals surface area contributed by atoms with Crippen LogP contribution in [0.2, 0.25) is 0 Å². The van der Waals surface area contributed by atoms with Crippen LogP contribution in [0.4, 0.5) is 0 Å². The Morgan fingerprint density at radius 2 is 1.86 bits per heavy atom. The van der Waals surface area contributed by atoms with Crippen LogP contribution in [0.15, 0.2) is 24.3 Å². The monoisotopic (exact) mass is 499 g/mol. The van der Waals surface area contributed by atoms with Crippen molar-refractivity contribution in [1.29, 1.82) is 0 Å². The molecule has 5 fully saturated rings. The smallest absolute Gasteiger partial charge is 0.308 e. The molecule has 0 unspecified atom stereocenters. The predicted octanol–water partition coefficient (Wildman–Crippen LogP) is 4.10. The second-order valence-corrected chi connectivity index (χ2v) is 11.6. The Hall–Kier alpha value is -2.00. The normalized spacial score (nSPS) is 41.1. The van der Waals surface area contributed by atoms with Gasteiger partial charge in [0, 0.05) is 37.8 Å². The highest BCUT2D eigenvalue weighted by atomic mass is 17.3. The quantitative estimate of drug-likeness (QED) is 0.456. The van der Waals surface area contributed by atoms with Crippen LogP contribution in [0.25, 0.3) is 0 Å². The molecule has 36 heavy (non-hydrogen) atoms. The molecule has 5 aliphatic heterocycles. The average Bonchev–Trinajstić information content (AvgIpc) is 3.11. The number of ether oxygens (including phenoxy) is 3. The van der Waals surface area contributed by atoms with Crippen LogP contribution in [-0.2, 0) is 46.5 Å². The number of hydrogen-bond donors (Lipinski definition) is 0. The molecule has 0 radical (unpaired) electrons. The molecule has 0 aromatic heterocycles. The molecule has 2 bridgehead atoms. The Kier molecular flexibility index (Phi) is 6.14. The minimum Gasteiger partial charge on any atom is -0.435 e. The maximum Gasteiger partial charge on any atom is 0.308 e. The third-order valence-corrected chi connectivity index (χ3v) is 9.37. The van der Waals surface area contributed by atoms with Gasteiger partial charge in [-0.05, 0) is 55.6 Å². The van der Waals surface area contributed by atoms with Crippen molar-refractivity contribution in [2.75, 3.05) is 6.54 Å². The van der Waals surface area contributed by atoms with E-state index in [0.29, 0.717) is 19.0 Å². The Morgan fingerprint density at radius 1 is 1.06 bits per heavy atom. The first-order chi connectivity index (χ1) is 17.3. The summed E-state index contributed by atoms with van der Waals surface area (Å²) < 4.78 is 18.5. The van der Waals surface area contributed by atoms with Crippen molar-refractivity contribution >= 4 is 11.9 Å². The van der Waals surface area contributed by atoms with Crippen LogP contribution in [-0.4, -0.2) is 47.3 Å². The first kappa shape index (κ1) is 24.3. The molecule has 0 N–H and O–H groups in total. The van der Waals surface area contributed by atoms with Crippen molar-refractivity contribution in [2.45, 2.75) is 96.2 Å². The maximum atomic E-state index is 12.8. The number of rotatable bonds is 4. The molecular weight excluding hydrogens is 462 g/mol. The Bertz CT molecular complexity index is 1030. The highest BCUT2D eigenvalue weighted by molar-refractivity contribution is 5.81. The summed E-state index contributed by atoms with van der Waals surface area (Å²) in [6.45, 7) is 7.47. The fraction of sp³-hybridized carbons (Fsp3) is 0.714. The van der Waals surface area contributed by atoms with Gasteiger partial charge in [-0.3, -0.25) is 9.59 Å². The number of amides is 1. The molecule has 7 rings (SSSR count). The fourth-order valence-electron chi connectivity index (χ4n) is 7.27. The van der Waals surface area contributed by atoms with Gasteiger partial charge in [-0.25, -0.2) is 9.78 Å². The molecule has 1 aliphatic carbocycles. The zero-order valence-corrected chi connectivity index (χ0v) is 21.4. The van der Waals surface area contributed by atoms with Gasteiger partial charge >= 0.3 is 5.97 Å². The van der Waals surface area contributed by atoms with E-state index in [4.69, 9.17) is 24.0 Å². The maximum absolute atomic E-state index is 12.8. The molecule has 8 nitrogen and oxygen atoms in total. The van der Waals surface area contributed by atoms with E-state index in [1.54, 1.807) is 0 Å². The number of benzene rings is 1. The Morgan fingerprint density at radius 3 is 2.69 bits per heavy atom. The zero-order valence-electron chi connectivity index (χ0n) is 21.4. The van der Waals surface area contributed by atoms with Crippen molar-refractivity contribution in [1.82, 2.24) is 4.90 Å². The summed E-state index contributed by atoms with van der Waals surface area (Å²) in [7, 11) is 0. The molecule has 4 saturated heterocycles. The summed E-state index contributed by atoms with van der Waals surface area (Å²) in [6, 6.07) is 8.20. The number of carbonyl (C=O) groups is 2. The summed E-state index contributed by atoms with van der Waals surface area (Å²) in [5.74, 6) is -0.568. The van der Waals surface area contributed by atoms with Gasteiger partial charge in [0.2, 0.25) is 18.0 Å². The third kappa shape index (κ3) is 3.97. The molecule has 196 valence electrons. The van der Waals surface area contributed by atoms with E-state index in [1.807, 2.05) is 24.0 Å². The topological polar surface area (TPSA) is 83.5 Å². The molecule has 1 aromatic carbocycles. The minimum absolute atomic E-state index is 0.0231. The van der Waals surface area contributed by atoms with Crippen LogP contribution >= 0.6 is 0 Å².